The van der Waals surface area contributed by atoms with E-state index in [-0.39, 0.29) is 0 Å². The van der Waals surface area contributed by atoms with Crippen LogP contribution in [0.25, 0.3) is 0 Å². The fraction of sp³-hybridized carbons (Fsp3) is 1.00. The second-order valence-corrected chi connectivity index (χ2v) is 7.65. The van der Waals surface area contributed by atoms with E-state index in [0.717, 1.165) is 11.8 Å². The first-order chi connectivity index (χ1) is 9.12. The molecule has 19 heavy (non-hydrogen) atoms. The number of nitrogens with one attached hydrogen (secondary N) is 1. The van der Waals surface area contributed by atoms with Crippen molar-refractivity contribution in [2.45, 2.75) is 76.8 Å². The van der Waals surface area contributed by atoms with Gasteiger partial charge in [-0.05, 0) is 57.3 Å². The molecule has 2 aliphatic carbocycles. The van der Waals surface area contributed by atoms with Crippen LogP contribution in [0.15, 0.2) is 0 Å². The summed E-state index contributed by atoms with van der Waals surface area (Å²) in [5, 5.41) is 3.95. The molecule has 0 spiro atoms. The van der Waals surface area contributed by atoms with Crippen LogP contribution in [0.1, 0.15) is 65.7 Å². The van der Waals surface area contributed by atoms with Crippen molar-refractivity contribution in [3.05, 3.63) is 0 Å². The zero-order chi connectivity index (χ0) is 13.5. The van der Waals surface area contributed by atoms with E-state index in [4.69, 9.17) is 0 Å². The number of piperazine rings is 1. The van der Waals surface area contributed by atoms with E-state index < -0.39 is 0 Å². The summed E-state index contributed by atoms with van der Waals surface area (Å²) in [5.41, 5.74) is 0.835. The summed E-state index contributed by atoms with van der Waals surface area (Å²) in [6.45, 7) is 11.1. The summed E-state index contributed by atoms with van der Waals surface area (Å²) in [6, 6.07) is 0. The lowest BCUT2D eigenvalue weighted by Crippen LogP contribution is -2.70. The Morgan fingerprint density at radius 2 is 1.79 bits per heavy atom. The lowest BCUT2D eigenvalue weighted by molar-refractivity contribution is -0.0215. The molecular formula is C17H32N2. The largest absolute Gasteiger partial charge is 0.308 e. The zero-order valence-corrected chi connectivity index (χ0v) is 13.2. The molecular weight excluding hydrogens is 232 g/mol. The van der Waals surface area contributed by atoms with E-state index in [1.807, 2.05) is 0 Å². The Bertz CT molecular complexity index is 315. The van der Waals surface area contributed by atoms with Crippen LogP contribution in [-0.2, 0) is 0 Å². The molecule has 2 saturated carbocycles. The predicted octanol–water partition coefficient (Wildman–Crippen LogP) is 3.42. The Hall–Kier alpha value is -0.0800. The second kappa shape index (κ2) is 5.04. The molecule has 1 aliphatic heterocycles. The van der Waals surface area contributed by atoms with Crippen LogP contribution in [-0.4, -0.2) is 35.6 Å². The average molecular weight is 264 g/mol. The number of nitrogens with zero attached hydrogens (tertiary/aromatic N) is 1. The topological polar surface area (TPSA) is 15.3 Å². The van der Waals surface area contributed by atoms with Gasteiger partial charge < -0.3 is 5.32 Å². The molecule has 3 fully saturated rings. The molecule has 1 N–H and O–H groups in total. The van der Waals surface area contributed by atoms with Crippen LogP contribution >= 0.6 is 0 Å². The molecule has 0 aromatic carbocycles. The molecule has 0 bridgehead atoms. The Morgan fingerprint density at radius 3 is 2.26 bits per heavy atom. The van der Waals surface area contributed by atoms with Crippen molar-refractivity contribution in [3.63, 3.8) is 0 Å². The molecule has 2 heteroatoms. The predicted molar refractivity (Wildman–Crippen MR) is 81.4 cm³/mol. The van der Waals surface area contributed by atoms with Crippen LogP contribution in [0.3, 0.4) is 0 Å². The minimum Gasteiger partial charge on any atom is -0.308 e. The Balaban J connectivity index is 1.74. The van der Waals surface area contributed by atoms with Gasteiger partial charge in [0.1, 0.15) is 0 Å². The first kappa shape index (κ1) is 13.9. The van der Waals surface area contributed by atoms with Crippen molar-refractivity contribution in [3.8, 4) is 0 Å². The van der Waals surface area contributed by atoms with Gasteiger partial charge in [0.25, 0.3) is 0 Å². The third-order valence-electron chi connectivity index (χ3n) is 6.51. The van der Waals surface area contributed by atoms with Crippen LogP contribution in [0, 0.1) is 11.8 Å². The van der Waals surface area contributed by atoms with Crippen LogP contribution < -0.4 is 5.32 Å². The van der Waals surface area contributed by atoms with Crippen molar-refractivity contribution >= 4 is 0 Å². The molecule has 1 atom stereocenters. The van der Waals surface area contributed by atoms with Gasteiger partial charge in [-0.2, -0.15) is 0 Å². The maximum atomic E-state index is 3.95. The van der Waals surface area contributed by atoms with E-state index in [2.05, 4.69) is 31.0 Å². The van der Waals surface area contributed by atoms with Crippen molar-refractivity contribution < 1.29 is 0 Å². The minimum absolute atomic E-state index is 0.400. The molecule has 0 radical (unpaired) electrons. The smallest absolute Gasteiger partial charge is 0.0329 e. The lowest BCUT2D eigenvalue weighted by atomic mass is 9.78. The third-order valence-corrected chi connectivity index (χ3v) is 6.51. The molecule has 0 amide bonds. The summed E-state index contributed by atoms with van der Waals surface area (Å²) in [5.74, 6) is 1.95. The monoisotopic (exact) mass is 264 g/mol. The normalized spacial score (nSPS) is 36.2. The standard InChI is InChI=1S/C17H32N2/c1-4-17(5-2)12-18-16(3,15-9-10-15)13-19(17)11-14-7-6-8-14/h14-15,18H,4-13H2,1-3H3. The first-order valence-corrected chi connectivity index (χ1v) is 8.62. The molecule has 1 heterocycles. The van der Waals surface area contributed by atoms with Gasteiger partial charge >= 0.3 is 0 Å². The Morgan fingerprint density at radius 1 is 1.11 bits per heavy atom. The highest BCUT2D eigenvalue weighted by molar-refractivity contribution is 5.08. The van der Waals surface area contributed by atoms with E-state index in [0.29, 0.717) is 11.1 Å². The SMILES string of the molecule is CCC1(CC)CNC(C)(C2CC2)CN1CC1CCC1. The summed E-state index contributed by atoms with van der Waals surface area (Å²) in [6.07, 6.45) is 9.93. The van der Waals surface area contributed by atoms with Gasteiger partial charge in [0, 0.05) is 30.7 Å². The van der Waals surface area contributed by atoms with E-state index >= 15 is 0 Å². The van der Waals surface area contributed by atoms with Crippen molar-refractivity contribution in [2.75, 3.05) is 19.6 Å². The molecule has 2 nitrogen and oxygen atoms in total. The summed E-state index contributed by atoms with van der Waals surface area (Å²) >= 11 is 0. The zero-order valence-electron chi connectivity index (χ0n) is 13.2. The van der Waals surface area contributed by atoms with Gasteiger partial charge in [0.15, 0.2) is 0 Å². The maximum Gasteiger partial charge on any atom is 0.0329 e. The maximum absolute atomic E-state index is 3.95. The molecule has 3 aliphatic rings. The van der Waals surface area contributed by atoms with Crippen LogP contribution in [0.4, 0.5) is 0 Å². The Labute approximate surface area is 119 Å². The van der Waals surface area contributed by atoms with Gasteiger partial charge in [0.2, 0.25) is 0 Å². The minimum atomic E-state index is 0.400. The molecule has 0 aromatic rings. The van der Waals surface area contributed by atoms with Gasteiger partial charge in [-0.1, -0.05) is 20.3 Å². The molecule has 0 aromatic heterocycles. The van der Waals surface area contributed by atoms with Gasteiger partial charge in [0.05, 0.1) is 0 Å². The number of hydrogen-bond acceptors (Lipinski definition) is 2. The fourth-order valence-corrected chi connectivity index (χ4v) is 4.28. The summed E-state index contributed by atoms with van der Waals surface area (Å²) < 4.78 is 0. The van der Waals surface area contributed by atoms with Crippen molar-refractivity contribution in [1.82, 2.24) is 10.2 Å². The van der Waals surface area contributed by atoms with Crippen LogP contribution in [0.5, 0.6) is 0 Å². The Kier molecular flexibility index (Phi) is 3.68. The third kappa shape index (κ3) is 2.47. The highest BCUT2D eigenvalue weighted by Crippen LogP contribution is 2.44. The van der Waals surface area contributed by atoms with Gasteiger partial charge in [-0.15, -0.1) is 0 Å². The molecule has 1 unspecified atom stereocenters. The summed E-state index contributed by atoms with van der Waals surface area (Å²) in [4.78, 5) is 2.89. The van der Waals surface area contributed by atoms with Crippen molar-refractivity contribution in [1.29, 1.82) is 0 Å². The van der Waals surface area contributed by atoms with E-state index in [9.17, 15) is 0 Å². The summed E-state index contributed by atoms with van der Waals surface area (Å²) in [7, 11) is 0. The molecule has 3 rings (SSSR count). The number of rotatable bonds is 5. The molecule has 1 saturated heterocycles. The first-order valence-electron chi connectivity index (χ1n) is 8.62. The number of hydrogen-bond donors (Lipinski definition) is 1. The highest BCUT2D eigenvalue weighted by atomic mass is 15.3. The van der Waals surface area contributed by atoms with Crippen LogP contribution in [0.2, 0.25) is 0 Å². The van der Waals surface area contributed by atoms with Gasteiger partial charge in [-0.25, -0.2) is 0 Å². The fourth-order valence-electron chi connectivity index (χ4n) is 4.28. The van der Waals surface area contributed by atoms with E-state index in [1.54, 1.807) is 0 Å². The van der Waals surface area contributed by atoms with Crippen molar-refractivity contribution in [2.24, 2.45) is 11.8 Å². The average Bonchev–Trinajstić information content (AvgIpc) is 3.19. The second-order valence-electron chi connectivity index (χ2n) is 7.65. The quantitative estimate of drug-likeness (QED) is 0.818. The molecule has 110 valence electrons. The van der Waals surface area contributed by atoms with Gasteiger partial charge in [-0.3, -0.25) is 4.90 Å². The lowest BCUT2D eigenvalue weighted by Gasteiger charge is -2.55. The van der Waals surface area contributed by atoms with E-state index in [1.165, 1.54) is 64.6 Å². The highest BCUT2D eigenvalue weighted by Gasteiger charge is 2.50.